The maximum absolute atomic E-state index is 13.6. The number of amides is 1. The Morgan fingerprint density at radius 2 is 2.16 bits per heavy atom. The van der Waals surface area contributed by atoms with E-state index in [2.05, 4.69) is 12.2 Å². The van der Waals surface area contributed by atoms with Crippen molar-refractivity contribution in [2.24, 2.45) is 11.7 Å². The van der Waals surface area contributed by atoms with Gasteiger partial charge in [0.05, 0.1) is 5.69 Å². The molecule has 3 N–H and O–H groups in total. The minimum absolute atomic E-state index is 0.141. The summed E-state index contributed by atoms with van der Waals surface area (Å²) in [6.45, 7) is 4.55. The summed E-state index contributed by atoms with van der Waals surface area (Å²) in [5, 5.41) is 2.61. The number of carbonyl (C=O) groups is 1. The van der Waals surface area contributed by atoms with Crippen molar-refractivity contribution in [2.75, 3.05) is 11.9 Å². The number of carbonyl (C=O) groups excluding carboxylic acids is 1. The highest BCUT2D eigenvalue weighted by molar-refractivity contribution is 5.90. The van der Waals surface area contributed by atoms with Crippen LogP contribution in [-0.2, 0) is 4.79 Å². The Hall–Kier alpha value is -1.42. The number of hydrogen-bond donors (Lipinski definition) is 2. The van der Waals surface area contributed by atoms with Crippen LogP contribution in [0.1, 0.15) is 38.2 Å². The van der Waals surface area contributed by atoms with Gasteiger partial charge in [-0.05, 0) is 49.9 Å². The first-order chi connectivity index (χ1) is 9.06. The van der Waals surface area contributed by atoms with Gasteiger partial charge in [-0.25, -0.2) is 4.39 Å². The predicted molar refractivity (Wildman–Crippen MR) is 76.5 cm³/mol. The topological polar surface area (TPSA) is 55.1 Å². The number of nitrogens with two attached hydrogens (primary N) is 1. The van der Waals surface area contributed by atoms with Crippen LogP contribution in [0.2, 0.25) is 0 Å². The largest absolute Gasteiger partial charge is 0.330 e. The lowest BCUT2D eigenvalue weighted by atomic mass is 9.96. The van der Waals surface area contributed by atoms with Crippen molar-refractivity contribution in [3.8, 4) is 0 Å². The molecule has 106 valence electrons. The molecule has 0 aliphatic carbocycles. The van der Waals surface area contributed by atoms with Crippen molar-refractivity contribution in [3.05, 3.63) is 29.6 Å². The van der Waals surface area contributed by atoms with Gasteiger partial charge in [-0.3, -0.25) is 4.79 Å². The Kier molecular flexibility index (Phi) is 6.50. The normalized spacial score (nSPS) is 12.2. The Labute approximate surface area is 114 Å². The van der Waals surface area contributed by atoms with Crippen LogP contribution in [0.4, 0.5) is 10.1 Å². The second kappa shape index (κ2) is 7.89. The number of rotatable bonds is 7. The molecule has 0 aliphatic heterocycles. The van der Waals surface area contributed by atoms with Crippen molar-refractivity contribution < 1.29 is 9.18 Å². The van der Waals surface area contributed by atoms with E-state index in [1.165, 1.54) is 6.07 Å². The third kappa shape index (κ3) is 5.39. The standard InChI is InChI=1S/C15H23FN2O/c1-3-12(8-9-17)5-7-15(19)18-14-6-4-11(2)10-13(14)16/h4,6,10,12H,3,5,7-9,17H2,1-2H3,(H,18,19). The molecule has 19 heavy (non-hydrogen) atoms. The van der Waals surface area contributed by atoms with E-state index in [0.29, 0.717) is 18.9 Å². The lowest BCUT2D eigenvalue weighted by Crippen LogP contribution is -2.15. The molecule has 0 aliphatic rings. The summed E-state index contributed by atoms with van der Waals surface area (Å²) in [7, 11) is 0. The zero-order valence-corrected chi connectivity index (χ0v) is 11.7. The average molecular weight is 266 g/mol. The number of benzene rings is 1. The van der Waals surface area contributed by atoms with E-state index in [1.54, 1.807) is 12.1 Å². The summed E-state index contributed by atoms with van der Waals surface area (Å²) in [6, 6.07) is 4.79. The number of hydrogen-bond acceptors (Lipinski definition) is 2. The summed E-state index contributed by atoms with van der Waals surface area (Å²) in [6.07, 6.45) is 3.16. The van der Waals surface area contributed by atoms with Crippen molar-refractivity contribution >= 4 is 11.6 Å². The average Bonchev–Trinajstić information content (AvgIpc) is 2.38. The maximum atomic E-state index is 13.6. The van der Waals surface area contributed by atoms with E-state index >= 15 is 0 Å². The highest BCUT2D eigenvalue weighted by Gasteiger charge is 2.11. The molecule has 0 saturated heterocycles. The second-order valence-electron chi connectivity index (χ2n) is 4.92. The van der Waals surface area contributed by atoms with E-state index in [4.69, 9.17) is 5.73 Å². The molecule has 0 fully saturated rings. The quantitative estimate of drug-likeness (QED) is 0.796. The molecule has 1 amide bonds. The summed E-state index contributed by atoms with van der Waals surface area (Å²) in [4.78, 5) is 11.8. The van der Waals surface area contributed by atoms with Gasteiger partial charge >= 0.3 is 0 Å². The summed E-state index contributed by atoms with van der Waals surface area (Å²) in [5.41, 5.74) is 6.61. The van der Waals surface area contributed by atoms with Gasteiger partial charge in [0.15, 0.2) is 0 Å². The Morgan fingerprint density at radius 1 is 1.42 bits per heavy atom. The van der Waals surface area contributed by atoms with Crippen LogP contribution >= 0.6 is 0 Å². The van der Waals surface area contributed by atoms with E-state index in [1.807, 2.05) is 6.92 Å². The number of halogens is 1. The van der Waals surface area contributed by atoms with Gasteiger partial charge in [0.1, 0.15) is 5.82 Å². The monoisotopic (exact) mass is 266 g/mol. The molecule has 0 saturated carbocycles. The fourth-order valence-electron chi connectivity index (χ4n) is 2.06. The number of anilines is 1. The van der Waals surface area contributed by atoms with Crippen LogP contribution in [0, 0.1) is 18.7 Å². The molecular weight excluding hydrogens is 243 g/mol. The van der Waals surface area contributed by atoms with Crippen LogP contribution < -0.4 is 11.1 Å². The minimum Gasteiger partial charge on any atom is -0.330 e. The van der Waals surface area contributed by atoms with Crippen molar-refractivity contribution in [1.29, 1.82) is 0 Å². The molecule has 0 heterocycles. The molecular formula is C15H23FN2O. The molecule has 0 radical (unpaired) electrons. The zero-order valence-electron chi connectivity index (χ0n) is 11.7. The maximum Gasteiger partial charge on any atom is 0.224 e. The Balaban J connectivity index is 2.46. The Bertz CT molecular complexity index is 421. The van der Waals surface area contributed by atoms with E-state index in [9.17, 15) is 9.18 Å². The van der Waals surface area contributed by atoms with Crippen LogP contribution in [0.3, 0.4) is 0 Å². The molecule has 1 aromatic carbocycles. The molecule has 3 nitrogen and oxygen atoms in total. The Morgan fingerprint density at radius 3 is 2.74 bits per heavy atom. The third-order valence-corrected chi connectivity index (χ3v) is 3.33. The molecule has 1 unspecified atom stereocenters. The van der Waals surface area contributed by atoms with Crippen molar-refractivity contribution in [2.45, 2.75) is 39.5 Å². The fourth-order valence-corrected chi connectivity index (χ4v) is 2.06. The third-order valence-electron chi connectivity index (χ3n) is 3.33. The SMILES string of the molecule is CCC(CCN)CCC(=O)Nc1ccc(C)cc1F. The molecule has 1 aromatic rings. The van der Waals surface area contributed by atoms with Gasteiger partial charge in [-0.2, -0.15) is 0 Å². The second-order valence-corrected chi connectivity index (χ2v) is 4.92. The molecule has 4 heteroatoms. The van der Waals surface area contributed by atoms with E-state index in [-0.39, 0.29) is 17.4 Å². The lowest BCUT2D eigenvalue weighted by Gasteiger charge is -2.13. The van der Waals surface area contributed by atoms with Gasteiger partial charge in [0, 0.05) is 6.42 Å². The zero-order chi connectivity index (χ0) is 14.3. The molecule has 1 rings (SSSR count). The van der Waals surface area contributed by atoms with Gasteiger partial charge in [0.25, 0.3) is 0 Å². The van der Waals surface area contributed by atoms with Crippen LogP contribution in [0.5, 0.6) is 0 Å². The lowest BCUT2D eigenvalue weighted by molar-refractivity contribution is -0.116. The first-order valence-corrected chi connectivity index (χ1v) is 6.82. The van der Waals surface area contributed by atoms with Crippen LogP contribution in [0.25, 0.3) is 0 Å². The summed E-state index contributed by atoms with van der Waals surface area (Å²) >= 11 is 0. The molecule has 0 bridgehead atoms. The highest BCUT2D eigenvalue weighted by Crippen LogP contribution is 2.18. The van der Waals surface area contributed by atoms with Crippen molar-refractivity contribution in [1.82, 2.24) is 0 Å². The summed E-state index contributed by atoms with van der Waals surface area (Å²) < 4.78 is 13.6. The molecule has 0 aromatic heterocycles. The molecule has 0 spiro atoms. The van der Waals surface area contributed by atoms with E-state index < -0.39 is 0 Å². The first kappa shape index (κ1) is 15.6. The van der Waals surface area contributed by atoms with Crippen LogP contribution in [-0.4, -0.2) is 12.5 Å². The summed E-state index contributed by atoms with van der Waals surface area (Å²) in [5.74, 6) is -0.0563. The fraction of sp³-hybridized carbons (Fsp3) is 0.533. The van der Waals surface area contributed by atoms with Gasteiger partial charge < -0.3 is 11.1 Å². The van der Waals surface area contributed by atoms with Crippen molar-refractivity contribution in [3.63, 3.8) is 0 Å². The minimum atomic E-state index is -0.387. The smallest absolute Gasteiger partial charge is 0.224 e. The predicted octanol–water partition coefficient (Wildman–Crippen LogP) is 3.23. The van der Waals surface area contributed by atoms with Gasteiger partial charge in [0.2, 0.25) is 5.91 Å². The molecule has 1 atom stereocenters. The van der Waals surface area contributed by atoms with Crippen LogP contribution in [0.15, 0.2) is 18.2 Å². The van der Waals surface area contributed by atoms with Gasteiger partial charge in [-0.15, -0.1) is 0 Å². The first-order valence-electron chi connectivity index (χ1n) is 6.82. The number of aryl methyl sites for hydroxylation is 1. The van der Waals surface area contributed by atoms with Gasteiger partial charge in [-0.1, -0.05) is 19.4 Å². The highest BCUT2D eigenvalue weighted by atomic mass is 19.1. The number of nitrogens with one attached hydrogen (secondary N) is 1. The van der Waals surface area contributed by atoms with E-state index in [0.717, 1.165) is 24.8 Å².